The number of fused-ring (bicyclic) bond motifs is 3. The van der Waals surface area contributed by atoms with E-state index in [1.165, 1.54) is 37.2 Å². The van der Waals surface area contributed by atoms with Crippen LogP contribution in [0.2, 0.25) is 0 Å². The Morgan fingerprint density at radius 2 is 1.91 bits per heavy atom. The highest BCUT2D eigenvalue weighted by atomic mass is 16.3. The number of carbonyl (C=O) groups excluding carboxylic acids is 5. The molecule has 1 amide bonds. The van der Waals surface area contributed by atoms with Crippen molar-refractivity contribution in [3.63, 3.8) is 0 Å². The molecule has 1 aromatic carbocycles. The molecule has 10 heteroatoms. The number of amides is 1. The average molecular weight is 465 g/mol. The predicted molar refractivity (Wildman–Crippen MR) is 116 cm³/mol. The van der Waals surface area contributed by atoms with E-state index in [0.717, 1.165) is 0 Å². The monoisotopic (exact) mass is 465 g/mol. The fraction of sp³-hybridized carbons (Fsp3) is 0.417. The lowest BCUT2D eigenvalue weighted by molar-refractivity contribution is -0.181. The van der Waals surface area contributed by atoms with Crippen molar-refractivity contribution < 1.29 is 34.2 Å². The van der Waals surface area contributed by atoms with E-state index in [0.29, 0.717) is 11.1 Å². The number of phenolic OH excluding ortho intramolecular Hbond substituents is 1. The van der Waals surface area contributed by atoms with Crippen LogP contribution in [0, 0.1) is 35.0 Å². The number of nitrogens with zero attached hydrogens (tertiary/aromatic N) is 2. The summed E-state index contributed by atoms with van der Waals surface area (Å²) in [5, 5.41) is 30.8. The van der Waals surface area contributed by atoms with Crippen LogP contribution in [0.5, 0.6) is 5.75 Å². The maximum absolute atomic E-state index is 13.6. The molecule has 0 heterocycles. The largest absolute Gasteiger partial charge is 0.507 e. The fourth-order valence-electron chi connectivity index (χ4n) is 5.91. The van der Waals surface area contributed by atoms with Crippen LogP contribution in [0.4, 0.5) is 0 Å². The number of benzene rings is 1. The van der Waals surface area contributed by atoms with E-state index >= 15 is 0 Å². The van der Waals surface area contributed by atoms with Crippen LogP contribution in [0.15, 0.2) is 18.2 Å². The van der Waals surface area contributed by atoms with Crippen LogP contribution in [-0.4, -0.2) is 69.9 Å². The van der Waals surface area contributed by atoms with E-state index in [1.54, 1.807) is 6.07 Å². The predicted octanol–water partition coefficient (Wildman–Crippen LogP) is -0.596. The van der Waals surface area contributed by atoms with Crippen LogP contribution < -0.4 is 5.73 Å². The van der Waals surface area contributed by atoms with Crippen molar-refractivity contribution in [3.05, 3.63) is 34.9 Å². The summed E-state index contributed by atoms with van der Waals surface area (Å²) in [5.41, 5.74) is 3.40. The van der Waals surface area contributed by atoms with Gasteiger partial charge in [-0.1, -0.05) is 6.07 Å². The second-order valence-electron chi connectivity index (χ2n) is 9.28. The molecule has 1 aromatic rings. The lowest BCUT2D eigenvalue weighted by Crippen LogP contribution is -2.74. The van der Waals surface area contributed by atoms with E-state index < -0.39 is 64.4 Å². The number of phenols is 1. The first kappa shape index (κ1) is 23.5. The highest BCUT2D eigenvalue weighted by molar-refractivity contribution is 6.32. The Morgan fingerprint density at radius 1 is 1.24 bits per heavy atom. The Hall–Kier alpha value is -3.68. The number of hydrogen-bond donors (Lipinski definition) is 3. The maximum Gasteiger partial charge on any atom is 0.235 e. The molecule has 0 bridgehead atoms. The number of carbonyl (C=O) groups is 5. The first-order valence-electron chi connectivity index (χ1n) is 10.7. The standard InChI is InChI=1S/C24H23N3O7/c1-27(2)18-13-9-11-8-12-10(4-3-7-25)5-6-14(28)16(12)19(29)15(11)21(31)24(13,34)22(32)17(20(18)30)23(26)33/h3-6,11,13,15,17-18,28,34H,8-9H2,1-2H3,(H2,26,33)/b4-3+. The van der Waals surface area contributed by atoms with Gasteiger partial charge in [0.25, 0.3) is 0 Å². The molecular formula is C24H23N3O7. The molecule has 3 aliphatic rings. The third-order valence-corrected chi connectivity index (χ3v) is 7.32. The third-order valence-electron chi connectivity index (χ3n) is 7.32. The Kier molecular flexibility index (Phi) is 5.50. The fourth-order valence-corrected chi connectivity index (χ4v) is 5.91. The number of aromatic hydroxyl groups is 1. The highest BCUT2D eigenvalue weighted by Gasteiger charge is 2.69. The number of nitrogens with two attached hydrogens (primary N) is 1. The van der Waals surface area contributed by atoms with E-state index in [4.69, 9.17) is 11.0 Å². The minimum absolute atomic E-state index is 0.0268. The zero-order valence-electron chi connectivity index (χ0n) is 18.5. The van der Waals surface area contributed by atoms with Gasteiger partial charge in [0.2, 0.25) is 5.91 Å². The molecule has 176 valence electrons. The molecule has 3 aliphatic carbocycles. The normalized spacial score (nSPS) is 32.9. The molecule has 0 spiro atoms. The minimum Gasteiger partial charge on any atom is -0.507 e. The lowest BCUT2D eigenvalue weighted by Gasteiger charge is -2.52. The second kappa shape index (κ2) is 7.97. The number of primary amides is 1. The number of nitriles is 1. The summed E-state index contributed by atoms with van der Waals surface area (Å²) in [6.45, 7) is 0. The molecule has 0 aliphatic heterocycles. The second-order valence-corrected chi connectivity index (χ2v) is 9.28. The lowest BCUT2D eigenvalue weighted by atomic mass is 9.52. The molecule has 34 heavy (non-hydrogen) atoms. The first-order chi connectivity index (χ1) is 16.0. The molecule has 10 nitrogen and oxygen atoms in total. The maximum atomic E-state index is 13.6. The summed E-state index contributed by atoms with van der Waals surface area (Å²) in [5.74, 6) is -10.9. The van der Waals surface area contributed by atoms with Gasteiger partial charge in [-0.25, -0.2) is 0 Å². The van der Waals surface area contributed by atoms with Crippen molar-refractivity contribution in [2.45, 2.75) is 24.5 Å². The first-order valence-corrected chi connectivity index (χ1v) is 10.7. The summed E-state index contributed by atoms with van der Waals surface area (Å²) in [6.07, 6.45) is 2.82. The Balaban J connectivity index is 1.88. The van der Waals surface area contributed by atoms with Crippen LogP contribution in [0.1, 0.15) is 27.9 Å². The van der Waals surface area contributed by atoms with Crippen molar-refractivity contribution in [3.8, 4) is 11.8 Å². The quantitative estimate of drug-likeness (QED) is 0.388. The number of Topliss-reactive ketones (excluding diaryl/α,β-unsaturated/α-hetero) is 4. The van der Waals surface area contributed by atoms with Crippen LogP contribution in [0.25, 0.3) is 6.08 Å². The molecule has 2 saturated carbocycles. The Bertz CT molecular complexity index is 1230. The zero-order chi connectivity index (χ0) is 25.1. The molecule has 4 rings (SSSR count). The van der Waals surface area contributed by atoms with Crippen molar-refractivity contribution in [2.24, 2.45) is 29.4 Å². The molecule has 0 saturated heterocycles. The number of ketones is 4. The van der Waals surface area contributed by atoms with Gasteiger partial charge in [0.05, 0.1) is 23.6 Å². The van der Waals surface area contributed by atoms with Gasteiger partial charge in [-0.2, -0.15) is 5.26 Å². The summed E-state index contributed by atoms with van der Waals surface area (Å²) >= 11 is 0. The topological polar surface area (TPSA) is 179 Å². The molecule has 6 atom stereocenters. The molecule has 2 fully saturated rings. The van der Waals surface area contributed by atoms with Crippen molar-refractivity contribution in [1.29, 1.82) is 5.26 Å². The number of likely N-dealkylation sites (N-methyl/N-ethyl adjacent to an activating group) is 1. The minimum atomic E-state index is -2.75. The van der Waals surface area contributed by atoms with E-state index in [1.807, 2.05) is 6.07 Å². The SMILES string of the molecule is CN(C)C1C(=O)C(C(N)=O)C(=O)C2(O)C(=O)C3C(=O)c4c(O)ccc(/C=C/C#N)c4CC3CC12. The van der Waals surface area contributed by atoms with E-state index in [9.17, 15) is 34.2 Å². The third kappa shape index (κ3) is 3.04. The number of aliphatic hydroxyl groups is 1. The highest BCUT2D eigenvalue weighted by Crippen LogP contribution is 2.51. The van der Waals surface area contributed by atoms with Gasteiger partial charge in [-0.15, -0.1) is 0 Å². The van der Waals surface area contributed by atoms with Crippen LogP contribution >= 0.6 is 0 Å². The van der Waals surface area contributed by atoms with Crippen molar-refractivity contribution in [1.82, 2.24) is 4.90 Å². The van der Waals surface area contributed by atoms with Crippen LogP contribution in [-0.2, 0) is 25.6 Å². The summed E-state index contributed by atoms with van der Waals surface area (Å²) in [6, 6.07) is 3.53. The average Bonchev–Trinajstić information content (AvgIpc) is 2.75. The molecule has 0 aromatic heterocycles. The summed E-state index contributed by atoms with van der Waals surface area (Å²) in [4.78, 5) is 66.7. The van der Waals surface area contributed by atoms with E-state index in [-0.39, 0.29) is 24.2 Å². The van der Waals surface area contributed by atoms with Gasteiger partial charge >= 0.3 is 0 Å². The Labute approximate surface area is 194 Å². The van der Waals surface area contributed by atoms with E-state index in [2.05, 4.69) is 0 Å². The van der Waals surface area contributed by atoms with Gasteiger partial charge in [-0.3, -0.25) is 28.9 Å². The van der Waals surface area contributed by atoms with Gasteiger partial charge < -0.3 is 15.9 Å². The Morgan fingerprint density at radius 3 is 2.50 bits per heavy atom. The summed E-state index contributed by atoms with van der Waals surface area (Å²) in [7, 11) is 3.05. The van der Waals surface area contributed by atoms with Crippen molar-refractivity contribution >= 4 is 35.1 Å². The van der Waals surface area contributed by atoms with Gasteiger partial charge in [0, 0.05) is 12.0 Å². The summed E-state index contributed by atoms with van der Waals surface area (Å²) < 4.78 is 0. The number of allylic oxidation sites excluding steroid dienone is 1. The molecule has 4 N–H and O–H groups in total. The smallest absolute Gasteiger partial charge is 0.235 e. The van der Waals surface area contributed by atoms with Crippen LogP contribution in [0.3, 0.4) is 0 Å². The molecule has 0 radical (unpaired) electrons. The van der Waals surface area contributed by atoms with Crippen molar-refractivity contribution in [2.75, 3.05) is 14.1 Å². The number of hydrogen-bond acceptors (Lipinski definition) is 9. The van der Waals surface area contributed by atoms with Gasteiger partial charge in [-0.05, 0) is 56.1 Å². The molecule has 6 unspecified atom stereocenters. The molecular weight excluding hydrogens is 442 g/mol. The number of rotatable bonds is 3. The van der Waals surface area contributed by atoms with Gasteiger partial charge in [0.1, 0.15) is 5.75 Å². The zero-order valence-corrected chi connectivity index (χ0v) is 18.5. The van der Waals surface area contributed by atoms with Gasteiger partial charge in [0.15, 0.2) is 34.7 Å².